The van der Waals surface area contributed by atoms with Gasteiger partial charge in [0, 0.05) is 20.0 Å². The number of nitrogens with one attached hydrogen (secondary N) is 1. The minimum Gasteiger partial charge on any atom is -0.332 e. The van der Waals surface area contributed by atoms with E-state index in [-0.39, 0.29) is 24.6 Å². The van der Waals surface area contributed by atoms with Gasteiger partial charge in [-0.2, -0.15) is 0 Å². The summed E-state index contributed by atoms with van der Waals surface area (Å²) >= 11 is 0. The summed E-state index contributed by atoms with van der Waals surface area (Å²) in [6.45, 7) is -0.270. The molecule has 1 N–H and O–H groups in total. The molecule has 3 rings (SSSR count). The minimum atomic E-state index is -2.92. The van der Waals surface area contributed by atoms with E-state index in [1.807, 2.05) is 0 Å². The van der Waals surface area contributed by atoms with Crippen molar-refractivity contribution in [1.29, 1.82) is 0 Å². The highest BCUT2D eigenvalue weighted by molar-refractivity contribution is 6.01. The van der Waals surface area contributed by atoms with Crippen molar-refractivity contribution in [2.75, 3.05) is 25.0 Å². The topological polar surface area (TPSA) is 52.7 Å². The van der Waals surface area contributed by atoms with Crippen molar-refractivity contribution in [3.63, 3.8) is 0 Å². The van der Waals surface area contributed by atoms with E-state index in [2.05, 4.69) is 5.32 Å². The van der Waals surface area contributed by atoms with Crippen molar-refractivity contribution in [1.82, 2.24) is 10.2 Å². The molecule has 2 saturated heterocycles. The van der Waals surface area contributed by atoms with Crippen LogP contribution in [-0.2, 0) is 9.59 Å². The van der Waals surface area contributed by atoms with Gasteiger partial charge in [-0.3, -0.25) is 14.9 Å². The molecule has 0 aromatic heterocycles. The van der Waals surface area contributed by atoms with Crippen molar-refractivity contribution in [2.24, 2.45) is 0 Å². The predicted octanol–water partition coefficient (Wildman–Crippen LogP) is 1.81. The quantitative estimate of drug-likeness (QED) is 0.874. The Morgan fingerprint density at radius 3 is 2.64 bits per heavy atom. The van der Waals surface area contributed by atoms with Crippen LogP contribution in [0, 0.1) is 5.82 Å². The molecule has 0 aliphatic carbocycles. The zero-order valence-electron chi connectivity index (χ0n) is 13.5. The fourth-order valence-electron chi connectivity index (χ4n) is 3.22. The fourth-order valence-corrected chi connectivity index (χ4v) is 3.22. The summed E-state index contributed by atoms with van der Waals surface area (Å²) in [7, 11) is 1.42. The molecule has 2 unspecified atom stereocenters. The van der Waals surface area contributed by atoms with E-state index in [0.717, 1.165) is 0 Å². The van der Waals surface area contributed by atoms with Gasteiger partial charge < -0.3 is 9.80 Å². The minimum absolute atomic E-state index is 0. The molecule has 2 fully saturated rings. The Labute approximate surface area is 149 Å². The first-order chi connectivity index (χ1) is 11.3. The van der Waals surface area contributed by atoms with Crippen LogP contribution in [0.5, 0.6) is 0 Å². The zero-order valence-corrected chi connectivity index (χ0v) is 14.4. The molecule has 5 nitrogen and oxygen atoms in total. The number of alkyl halides is 2. The number of rotatable bonds is 3. The maximum Gasteiger partial charge on any atom is 0.262 e. The van der Waals surface area contributed by atoms with Crippen LogP contribution in [0.3, 0.4) is 0 Å². The summed E-state index contributed by atoms with van der Waals surface area (Å²) in [5.41, 5.74) is 0.163. The Hall–Kier alpha value is -1.80. The predicted molar refractivity (Wildman–Crippen MR) is 88.5 cm³/mol. The molecule has 0 saturated carbocycles. The molecule has 2 atom stereocenters. The number of halogens is 4. The van der Waals surface area contributed by atoms with Gasteiger partial charge in [-0.25, -0.2) is 13.2 Å². The van der Waals surface area contributed by atoms with Gasteiger partial charge in [-0.1, -0.05) is 12.1 Å². The Balaban J connectivity index is 0.00000225. The van der Waals surface area contributed by atoms with Crippen LogP contribution >= 0.6 is 12.4 Å². The highest BCUT2D eigenvalue weighted by Crippen LogP contribution is 2.29. The van der Waals surface area contributed by atoms with E-state index in [1.165, 1.54) is 35.0 Å². The lowest BCUT2D eigenvalue weighted by molar-refractivity contribution is -0.138. The molecule has 1 aromatic carbocycles. The first-order valence-electron chi connectivity index (χ1n) is 7.74. The molecule has 9 heteroatoms. The number of hydrogen-bond acceptors (Lipinski definition) is 3. The molecule has 1 aromatic rings. The molecule has 0 radical (unpaired) electrons. The summed E-state index contributed by atoms with van der Waals surface area (Å²) < 4.78 is 40.4. The summed E-state index contributed by atoms with van der Waals surface area (Å²) in [6.07, 6.45) is -0.243. The molecule has 2 aliphatic rings. The number of nitrogens with zero attached hydrogens (tertiary/aromatic N) is 2. The van der Waals surface area contributed by atoms with Crippen LogP contribution in [-0.4, -0.2) is 54.9 Å². The second kappa shape index (κ2) is 7.21. The molecule has 2 aliphatic heterocycles. The molecule has 2 heterocycles. The maximum absolute atomic E-state index is 13.9. The lowest BCUT2D eigenvalue weighted by atomic mass is 10.1. The lowest BCUT2D eigenvalue weighted by Gasteiger charge is -2.26. The van der Waals surface area contributed by atoms with Gasteiger partial charge in [0.25, 0.3) is 5.92 Å². The monoisotopic (exact) mass is 377 g/mol. The van der Waals surface area contributed by atoms with E-state index < -0.39 is 48.6 Å². The van der Waals surface area contributed by atoms with Gasteiger partial charge in [0.2, 0.25) is 11.8 Å². The third-order valence-electron chi connectivity index (χ3n) is 4.54. The van der Waals surface area contributed by atoms with Crippen LogP contribution < -0.4 is 10.2 Å². The Kier molecular flexibility index (Phi) is 5.63. The van der Waals surface area contributed by atoms with Crippen molar-refractivity contribution in [3.05, 3.63) is 30.1 Å². The molecule has 0 bridgehead atoms. The van der Waals surface area contributed by atoms with Crippen molar-refractivity contribution >= 4 is 29.9 Å². The number of hydrogen-bond donors (Lipinski definition) is 1. The van der Waals surface area contributed by atoms with E-state index >= 15 is 0 Å². The van der Waals surface area contributed by atoms with Gasteiger partial charge in [-0.05, 0) is 18.6 Å². The van der Waals surface area contributed by atoms with Gasteiger partial charge >= 0.3 is 0 Å². The van der Waals surface area contributed by atoms with E-state index in [1.54, 1.807) is 6.07 Å². The molecular weight excluding hydrogens is 359 g/mol. The van der Waals surface area contributed by atoms with Gasteiger partial charge in [0.1, 0.15) is 11.9 Å². The number of carbonyl (C=O) groups is 2. The molecule has 0 spiro atoms. The second-order valence-corrected chi connectivity index (χ2v) is 6.19. The van der Waals surface area contributed by atoms with Crippen LogP contribution in [0.15, 0.2) is 24.3 Å². The zero-order chi connectivity index (χ0) is 17.5. The first kappa shape index (κ1) is 19.5. The first-order valence-corrected chi connectivity index (χ1v) is 7.74. The third-order valence-corrected chi connectivity index (χ3v) is 4.54. The summed E-state index contributed by atoms with van der Waals surface area (Å²) in [5, 5.41) is 2.49. The number of benzene rings is 1. The highest BCUT2D eigenvalue weighted by atomic mass is 35.5. The van der Waals surface area contributed by atoms with E-state index in [9.17, 15) is 22.8 Å². The van der Waals surface area contributed by atoms with Crippen LogP contribution in [0.4, 0.5) is 18.9 Å². The standard InChI is InChI=1S/C16H18F3N3O2.ClH/c1-21(14(23)11-8-16(18,19)9-20-11)13-6-7-22(15(13)24)12-5-3-2-4-10(12)17;/h2-5,11,13,20H,6-9H2,1H3;1H. The summed E-state index contributed by atoms with van der Waals surface area (Å²) in [6, 6.07) is 4.14. The molecular formula is C16H19ClF3N3O2. The van der Waals surface area contributed by atoms with Gasteiger partial charge in [-0.15, -0.1) is 12.4 Å². The number of para-hydroxylation sites is 1. The van der Waals surface area contributed by atoms with E-state index in [4.69, 9.17) is 0 Å². The smallest absolute Gasteiger partial charge is 0.262 e. The number of carbonyl (C=O) groups excluding carboxylic acids is 2. The number of likely N-dealkylation sites (N-methyl/N-ethyl adjacent to an activating group) is 1. The number of anilines is 1. The molecule has 2 amide bonds. The summed E-state index contributed by atoms with van der Waals surface area (Å²) in [5.74, 6) is -4.38. The highest BCUT2D eigenvalue weighted by Gasteiger charge is 2.46. The largest absolute Gasteiger partial charge is 0.332 e. The molecule has 138 valence electrons. The second-order valence-electron chi connectivity index (χ2n) is 6.19. The van der Waals surface area contributed by atoms with Gasteiger partial charge in [0.05, 0.1) is 18.3 Å². The number of amides is 2. The third kappa shape index (κ3) is 3.74. The van der Waals surface area contributed by atoms with Crippen molar-refractivity contribution < 1.29 is 22.8 Å². The Morgan fingerprint density at radius 1 is 1.36 bits per heavy atom. The fraction of sp³-hybridized carbons (Fsp3) is 0.500. The van der Waals surface area contributed by atoms with Gasteiger partial charge in [0.15, 0.2) is 0 Å². The lowest BCUT2D eigenvalue weighted by Crippen LogP contribution is -2.49. The van der Waals surface area contributed by atoms with Crippen LogP contribution in [0.2, 0.25) is 0 Å². The average molecular weight is 378 g/mol. The molecule has 25 heavy (non-hydrogen) atoms. The summed E-state index contributed by atoms with van der Waals surface area (Å²) in [4.78, 5) is 27.4. The Morgan fingerprint density at radius 2 is 2.04 bits per heavy atom. The average Bonchev–Trinajstić information content (AvgIpc) is 3.09. The SMILES string of the molecule is CN(C(=O)C1CC(F)(F)CN1)C1CCN(c2ccccc2F)C1=O.Cl. The van der Waals surface area contributed by atoms with Crippen molar-refractivity contribution in [2.45, 2.75) is 30.8 Å². The van der Waals surface area contributed by atoms with E-state index in [0.29, 0.717) is 6.42 Å². The normalized spacial score (nSPS) is 25.0. The van der Waals surface area contributed by atoms with Crippen LogP contribution in [0.25, 0.3) is 0 Å². The van der Waals surface area contributed by atoms with Crippen molar-refractivity contribution in [3.8, 4) is 0 Å². The Bertz CT molecular complexity index is 674. The van der Waals surface area contributed by atoms with Crippen LogP contribution in [0.1, 0.15) is 12.8 Å². The maximum atomic E-state index is 13.9.